The average Bonchev–Trinajstić information content (AvgIpc) is 2.81. The van der Waals surface area contributed by atoms with Crippen molar-refractivity contribution in [1.29, 1.82) is 0 Å². The molecule has 0 aliphatic heterocycles. The minimum Gasteiger partial charge on any atom is -0.504 e. The van der Waals surface area contributed by atoms with Crippen LogP contribution in [0.5, 0.6) is 23.0 Å². The summed E-state index contributed by atoms with van der Waals surface area (Å²) in [6.45, 7) is 2.35. The second kappa shape index (κ2) is 7.70. The van der Waals surface area contributed by atoms with E-state index in [4.69, 9.17) is 8.83 Å². The first-order valence-corrected chi connectivity index (χ1v) is 10.5. The van der Waals surface area contributed by atoms with Crippen LogP contribution >= 0.6 is 0 Å². The molecule has 0 saturated carbocycles. The van der Waals surface area contributed by atoms with Gasteiger partial charge in [0.25, 0.3) is 0 Å². The number of phenols is 4. The second-order valence-corrected chi connectivity index (χ2v) is 8.25. The largest absolute Gasteiger partial charge is 0.504 e. The van der Waals surface area contributed by atoms with Crippen molar-refractivity contribution < 1.29 is 38.8 Å². The number of rotatable bonds is 3. The van der Waals surface area contributed by atoms with Gasteiger partial charge in [0.15, 0.2) is 34.6 Å². The Bertz CT molecular complexity index is 1920. The van der Waals surface area contributed by atoms with Crippen LogP contribution in [0.1, 0.15) is 34.6 Å². The van der Waals surface area contributed by atoms with Crippen LogP contribution in [0.15, 0.2) is 55.0 Å². The van der Waals surface area contributed by atoms with Crippen molar-refractivity contribution in [3.63, 3.8) is 0 Å². The van der Waals surface area contributed by atoms with Gasteiger partial charge in [-0.05, 0) is 32.0 Å². The fraction of sp³-hybridized carbons (Fsp3) is 0.0769. The average molecular weight is 488 g/mol. The molecule has 0 atom stereocenters. The number of benzene rings is 3. The zero-order valence-corrected chi connectivity index (χ0v) is 18.7. The lowest BCUT2D eigenvalue weighted by molar-refractivity contribution is 0.101. The van der Waals surface area contributed by atoms with Crippen LogP contribution in [0.3, 0.4) is 0 Å². The summed E-state index contributed by atoms with van der Waals surface area (Å²) in [4.78, 5) is 52.2. The van der Waals surface area contributed by atoms with Gasteiger partial charge in [-0.3, -0.25) is 19.2 Å². The van der Waals surface area contributed by atoms with Crippen LogP contribution in [0.2, 0.25) is 0 Å². The molecule has 10 heteroatoms. The summed E-state index contributed by atoms with van der Waals surface area (Å²) in [5.74, 6) is -3.43. The number of aromatic hydroxyl groups is 4. The van der Waals surface area contributed by atoms with Crippen molar-refractivity contribution in [2.45, 2.75) is 13.8 Å². The lowest BCUT2D eigenvalue weighted by atomic mass is 9.88. The standard InChI is InChI=1S/C26H16O10/c1-9(27)11-3-14-24(33)13-5-17(30)19(32)7-21(13)36-26(14)22(10(2)28)23(11)15-8-35-20-6-18(31)16(29)4-12(20)25(15)34/h3-8,29-32H,1-2H3. The molecule has 2 heterocycles. The van der Waals surface area contributed by atoms with Gasteiger partial charge in [0, 0.05) is 23.3 Å². The molecule has 0 aliphatic rings. The van der Waals surface area contributed by atoms with Crippen molar-refractivity contribution in [2.75, 3.05) is 0 Å². The maximum absolute atomic E-state index is 13.4. The van der Waals surface area contributed by atoms with Crippen LogP contribution in [-0.4, -0.2) is 32.0 Å². The molecule has 10 nitrogen and oxygen atoms in total. The molecule has 0 amide bonds. The molecule has 0 radical (unpaired) electrons. The zero-order chi connectivity index (χ0) is 26.0. The first kappa shape index (κ1) is 22.7. The topological polar surface area (TPSA) is 175 Å². The van der Waals surface area contributed by atoms with Gasteiger partial charge in [0.2, 0.25) is 10.9 Å². The molecule has 36 heavy (non-hydrogen) atoms. The summed E-state index contributed by atoms with van der Waals surface area (Å²) >= 11 is 0. The maximum atomic E-state index is 13.4. The van der Waals surface area contributed by atoms with E-state index in [1.165, 1.54) is 13.0 Å². The molecule has 5 rings (SSSR count). The monoisotopic (exact) mass is 488 g/mol. The van der Waals surface area contributed by atoms with Gasteiger partial charge in [0.1, 0.15) is 23.0 Å². The molecule has 2 aromatic heterocycles. The Balaban J connectivity index is 2.01. The van der Waals surface area contributed by atoms with Crippen molar-refractivity contribution in [2.24, 2.45) is 0 Å². The van der Waals surface area contributed by atoms with E-state index in [2.05, 4.69) is 0 Å². The molecule has 4 N–H and O–H groups in total. The highest BCUT2D eigenvalue weighted by Crippen LogP contribution is 2.37. The Morgan fingerprint density at radius 3 is 1.83 bits per heavy atom. The number of carbonyl (C=O) groups is 2. The Morgan fingerprint density at radius 1 is 0.694 bits per heavy atom. The molecule has 5 aromatic rings. The molecule has 0 spiro atoms. The fourth-order valence-corrected chi connectivity index (χ4v) is 4.23. The van der Waals surface area contributed by atoms with Crippen LogP contribution in [-0.2, 0) is 0 Å². The normalized spacial score (nSPS) is 11.4. The summed E-state index contributed by atoms with van der Waals surface area (Å²) in [6.07, 6.45) is 1.00. The van der Waals surface area contributed by atoms with E-state index < -0.39 is 45.4 Å². The van der Waals surface area contributed by atoms with E-state index in [1.807, 2.05) is 0 Å². The van der Waals surface area contributed by atoms with E-state index in [0.29, 0.717) is 0 Å². The third-order valence-corrected chi connectivity index (χ3v) is 5.93. The number of hydrogen-bond donors (Lipinski definition) is 4. The van der Waals surface area contributed by atoms with Crippen LogP contribution < -0.4 is 10.9 Å². The number of Topliss-reactive ketones (excluding diaryl/α,β-unsaturated/α-hetero) is 2. The summed E-state index contributed by atoms with van der Waals surface area (Å²) in [6, 6.07) is 5.23. The van der Waals surface area contributed by atoms with Gasteiger partial charge in [0.05, 0.1) is 27.3 Å². The molecule has 0 bridgehead atoms. The lowest BCUT2D eigenvalue weighted by Gasteiger charge is -2.15. The van der Waals surface area contributed by atoms with Crippen molar-refractivity contribution in [3.8, 4) is 34.1 Å². The number of carbonyl (C=O) groups excluding carboxylic acids is 2. The van der Waals surface area contributed by atoms with Crippen LogP contribution in [0.25, 0.3) is 44.0 Å². The van der Waals surface area contributed by atoms with E-state index in [0.717, 1.165) is 37.5 Å². The number of hydrogen-bond acceptors (Lipinski definition) is 10. The minimum atomic E-state index is -0.721. The first-order valence-electron chi connectivity index (χ1n) is 10.5. The van der Waals surface area contributed by atoms with Gasteiger partial charge in [-0.1, -0.05) is 0 Å². The highest BCUT2D eigenvalue weighted by Gasteiger charge is 2.27. The summed E-state index contributed by atoms with van der Waals surface area (Å²) < 4.78 is 11.3. The fourth-order valence-electron chi connectivity index (χ4n) is 4.23. The first-order chi connectivity index (χ1) is 17.0. The van der Waals surface area contributed by atoms with Gasteiger partial charge in [-0.25, -0.2) is 0 Å². The predicted octanol–water partition coefficient (Wildman–Crippen LogP) is 3.95. The van der Waals surface area contributed by atoms with Crippen LogP contribution in [0.4, 0.5) is 0 Å². The second-order valence-electron chi connectivity index (χ2n) is 8.25. The Labute approximate surface area is 199 Å². The van der Waals surface area contributed by atoms with Crippen LogP contribution in [0, 0.1) is 0 Å². The third kappa shape index (κ3) is 3.19. The molecule has 0 fully saturated rings. The predicted molar refractivity (Wildman–Crippen MR) is 128 cm³/mol. The smallest absolute Gasteiger partial charge is 0.200 e. The van der Waals surface area contributed by atoms with E-state index in [1.54, 1.807) is 0 Å². The number of fused-ring (bicyclic) bond motifs is 3. The summed E-state index contributed by atoms with van der Waals surface area (Å²) in [7, 11) is 0. The molecular formula is C26H16O10. The Kier molecular flexibility index (Phi) is 4.85. The third-order valence-electron chi connectivity index (χ3n) is 5.93. The summed E-state index contributed by atoms with van der Waals surface area (Å²) in [5.41, 5.74) is -2.59. The van der Waals surface area contributed by atoms with E-state index in [9.17, 15) is 39.6 Å². The molecule has 0 saturated heterocycles. The van der Waals surface area contributed by atoms with Gasteiger partial charge in [-0.2, -0.15) is 0 Å². The van der Waals surface area contributed by atoms with Gasteiger partial charge >= 0.3 is 0 Å². The van der Waals surface area contributed by atoms with Crippen molar-refractivity contribution >= 4 is 44.5 Å². The summed E-state index contributed by atoms with van der Waals surface area (Å²) in [5, 5.41) is 38.9. The molecule has 0 aliphatic carbocycles. The van der Waals surface area contributed by atoms with Crippen molar-refractivity contribution in [1.82, 2.24) is 0 Å². The number of ketones is 2. The van der Waals surface area contributed by atoms with Gasteiger partial charge < -0.3 is 29.3 Å². The van der Waals surface area contributed by atoms with Gasteiger partial charge in [-0.15, -0.1) is 0 Å². The Morgan fingerprint density at radius 2 is 1.25 bits per heavy atom. The zero-order valence-electron chi connectivity index (χ0n) is 18.7. The quantitative estimate of drug-likeness (QED) is 0.165. The van der Waals surface area contributed by atoms with E-state index in [-0.39, 0.29) is 55.2 Å². The lowest BCUT2D eigenvalue weighted by Crippen LogP contribution is -2.14. The highest BCUT2D eigenvalue weighted by molar-refractivity contribution is 6.17. The molecule has 3 aromatic carbocycles. The minimum absolute atomic E-state index is 0.0543. The molecular weight excluding hydrogens is 472 g/mol. The molecule has 0 unspecified atom stereocenters. The molecule has 180 valence electrons. The Hall–Kier alpha value is -5.12. The number of phenolic OH excluding ortho intramolecular Hbond substituents is 4. The van der Waals surface area contributed by atoms with Crippen molar-refractivity contribution in [3.05, 3.63) is 68.2 Å². The SMILES string of the molecule is CC(=O)c1cc2c(=O)c3cc(O)c(O)cc3oc2c(C(C)=O)c1-c1coc2cc(O)c(O)cc2c1=O. The maximum Gasteiger partial charge on any atom is 0.200 e. The highest BCUT2D eigenvalue weighted by atomic mass is 16.3. The van der Waals surface area contributed by atoms with E-state index >= 15 is 0 Å².